The van der Waals surface area contributed by atoms with Crippen LogP contribution in [0.5, 0.6) is 0 Å². The minimum atomic E-state index is -0.304. The van der Waals surface area contributed by atoms with E-state index in [0.29, 0.717) is 12.1 Å². The summed E-state index contributed by atoms with van der Waals surface area (Å²) < 4.78 is 13.1. The van der Waals surface area contributed by atoms with Crippen LogP contribution in [0.3, 0.4) is 0 Å². The van der Waals surface area contributed by atoms with Gasteiger partial charge in [0.05, 0.1) is 0 Å². The summed E-state index contributed by atoms with van der Waals surface area (Å²) in [5.41, 5.74) is 2.48. The van der Waals surface area contributed by atoms with Crippen molar-refractivity contribution in [3.63, 3.8) is 0 Å². The number of hydrogen-bond donors (Lipinski definition) is 1. The van der Waals surface area contributed by atoms with Crippen LogP contribution < -0.4 is 5.32 Å². The fraction of sp³-hybridized carbons (Fsp3) is 0.100. The lowest BCUT2D eigenvalue weighted by atomic mass is 10.2. The van der Waals surface area contributed by atoms with Gasteiger partial charge in [0.2, 0.25) is 0 Å². The Morgan fingerprint density at radius 1 is 1.04 bits per heavy atom. The maximum Gasteiger partial charge on any atom is 0.251 e. The third kappa shape index (κ3) is 5.16. The van der Waals surface area contributed by atoms with Crippen LogP contribution in [-0.4, -0.2) is 10.9 Å². The average molecular weight is 352 g/mol. The van der Waals surface area contributed by atoms with E-state index in [1.54, 1.807) is 42.2 Å². The fourth-order valence-electron chi connectivity index (χ4n) is 2.28. The van der Waals surface area contributed by atoms with Crippen molar-refractivity contribution in [3.8, 4) is 0 Å². The van der Waals surface area contributed by atoms with Gasteiger partial charge >= 0.3 is 0 Å². The fourth-order valence-corrected chi connectivity index (χ4v) is 3.12. The van der Waals surface area contributed by atoms with E-state index >= 15 is 0 Å². The number of hydrogen-bond acceptors (Lipinski definition) is 3. The van der Waals surface area contributed by atoms with Gasteiger partial charge in [-0.05, 0) is 53.6 Å². The van der Waals surface area contributed by atoms with Gasteiger partial charge in [-0.1, -0.05) is 18.2 Å². The van der Waals surface area contributed by atoms with Gasteiger partial charge in [0, 0.05) is 35.2 Å². The first-order chi connectivity index (χ1) is 12.2. The van der Waals surface area contributed by atoms with Gasteiger partial charge in [-0.2, -0.15) is 0 Å². The van der Waals surface area contributed by atoms with Crippen LogP contribution in [0.2, 0.25) is 0 Å². The number of nitrogens with zero attached hydrogens (tertiary/aromatic N) is 1. The normalized spacial score (nSPS) is 10.4. The molecule has 0 saturated heterocycles. The first-order valence-electron chi connectivity index (χ1n) is 7.85. The topological polar surface area (TPSA) is 42.0 Å². The van der Waals surface area contributed by atoms with Gasteiger partial charge in [0.15, 0.2) is 0 Å². The Morgan fingerprint density at radius 2 is 1.84 bits per heavy atom. The molecule has 0 aliphatic heterocycles. The van der Waals surface area contributed by atoms with Crippen molar-refractivity contribution in [2.24, 2.45) is 0 Å². The Kier molecular flexibility index (Phi) is 5.80. The number of nitrogens with one attached hydrogen (secondary N) is 1. The van der Waals surface area contributed by atoms with E-state index in [2.05, 4.69) is 10.3 Å². The highest BCUT2D eigenvalue weighted by molar-refractivity contribution is 7.98. The third-order valence-electron chi connectivity index (χ3n) is 3.59. The molecule has 2 aromatic carbocycles. The first-order valence-corrected chi connectivity index (χ1v) is 8.84. The number of thioether (sulfide) groups is 1. The monoisotopic (exact) mass is 352 g/mol. The van der Waals surface area contributed by atoms with Gasteiger partial charge in [0.25, 0.3) is 5.91 Å². The highest BCUT2D eigenvalue weighted by atomic mass is 32.2. The maximum atomic E-state index is 13.1. The molecule has 0 aliphatic carbocycles. The van der Waals surface area contributed by atoms with E-state index in [1.165, 1.54) is 12.1 Å². The van der Waals surface area contributed by atoms with Gasteiger partial charge in [-0.3, -0.25) is 9.78 Å². The van der Waals surface area contributed by atoms with Crippen LogP contribution in [0.1, 0.15) is 21.5 Å². The van der Waals surface area contributed by atoms with E-state index in [9.17, 15) is 9.18 Å². The van der Waals surface area contributed by atoms with Crippen molar-refractivity contribution in [2.75, 3.05) is 0 Å². The molecule has 0 atom stereocenters. The molecule has 0 fully saturated rings. The lowest BCUT2D eigenvalue weighted by molar-refractivity contribution is 0.0951. The summed E-state index contributed by atoms with van der Waals surface area (Å²) in [6.07, 6.45) is 3.60. The van der Waals surface area contributed by atoms with Crippen LogP contribution in [0.25, 0.3) is 0 Å². The van der Waals surface area contributed by atoms with Gasteiger partial charge in [0.1, 0.15) is 5.82 Å². The highest BCUT2D eigenvalue weighted by Gasteiger charge is 2.06. The summed E-state index contributed by atoms with van der Waals surface area (Å²) in [5.74, 6) is 0.355. The Hall–Kier alpha value is -2.66. The molecule has 1 amide bonds. The summed E-state index contributed by atoms with van der Waals surface area (Å²) in [5, 5.41) is 2.80. The SMILES string of the molecule is O=C(NCc1cccc(F)c1)c1ccc(SCc2cccnc2)cc1. The minimum Gasteiger partial charge on any atom is -0.348 e. The molecule has 3 aromatic rings. The third-order valence-corrected chi connectivity index (χ3v) is 4.67. The van der Waals surface area contributed by atoms with Crippen LogP contribution in [-0.2, 0) is 12.3 Å². The number of halogens is 1. The standard InChI is InChI=1S/C20H17FN2OS/c21-18-5-1-3-15(11-18)13-23-20(24)17-6-8-19(9-7-17)25-14-16-4-2-10-22-12-16/h1-12H,13-14H2,(H,23,24). The predicted octanol–water partition coefficient (Wildman–Crippen LogP) is 4.44. The minimum absolute atomic E-state index is 0.173. The Bertz CT molecular complexity index is 838. The predicted molar refractivity (Wildman–Crippen MR) is 97.8 cm³/mol. The maximum absolute atomic E-state index is 13.1. The Morgan fingerprint density at radius 3 is 2.56 bits per heavy atom. The first kappa shape index (κ1) is 17.2. The molecule has 126 valence electrons. The van der Waals surface area contributed by atoms with E-state index in [0.717, 1.165) is 21.8 Å². The largest absolute Gasteiger partial charge is 0.348 e. The number of carbonyl (C=O) groups excluding carboxylic acids is 1. The lowest BCUT2D eigenvalue weighted by Gasteiger charge is -2.07. The molecule has 3 rings (SSSR count). The molecule has 0 bridgehead atoms. The zero-order valence-electron chi connectivity index (χ0n) is 13.5. The van der Waals surface area contributed by atoms with Crippen LogP contribution in [0.15, 0.2) is 78.0 Å². The Balaban J connectivity index is 1.53. The summed E-state index contributed by atoms with van der Waals surface area (Å²) in [6.45, 7) is 0.300. The van der Waals surface area contributed by atoms with E-state index in [4.69, 9.17) is 0 Å². The molecular weight excluding hydrogens is 335 g/mol. The smallest absolute Gasteiger partial charge is 0.251 e. The number of amides is 1. The summed E-state index contributed by atoms with van der Waals surface area (Å²) in [7, 11) is 0. The lowest BCUT2D eigenvalue weighted by Crippen LogP contribution is -2.22. The summed E-state index contributed by atoms with van der Waals surface area (Å²) >= 11 is 1.69. The second-order valence-corrected chi connectivity index (χ2v) is 6.54. The molecule has 25 heavy (non-hydrogen) atoms. The molecule has 0 aliphatic rings. The van der Waals surface area contributed by atoms with Crippen molar-refractivity contribution in [1.29, 1.82) is 0 Å². The van der Waals surface area contributed by atoms with E-state index < -0.39 is 0 Å². The van der Waals surface area contributed by atoms with Crippen LogP contribution >= 0.6 is 11.8 Å². The molecule has 0 unspecified atom stereocenters. The summed E-state index contributed by atoms with van der Waals surface area (Å²) in [4.78, 5) is 17.4. The molecule has 1 heterocycles. The molecule has 5 heteroatoms. The van der Waals surface area contributed by atoms with Gasteiger partial charge < -0.3 is 5.32 Å². The van der Waals surface area contributed by atoms with Gasteiger partial charge in [-0.15, -0.1) is 11.8 Å². The molecule has 1 N–H and O–H groups in total. The zero-order valence-corrected chi connectivity index (χ0v) is 14.3. The molecular formula is C20H17FN2OS. The van der Waals surface area contributed by atoms with E-state index in [1.807, 2.05) is 30.5 Å². The number of aromatic nitrogens is 1. The van der Waals surface area contributed by atoms with Crippen LogP contribution in [0, 0.1) is 5.82 Å². The van der Waals surface area contributed by atoms with Crippen molar-refractivity contribution >= 4 is 17.7 Å². The number of carbonyl (C=O) groups is 1. The second-order valence-electron chi connectivity index (χ2n) is 5.49. The van der Waals surface area contributed by atoms with Gasteiger partial charge in [-0.25, -0.2) is 4.39 Å². The van der Waals surface area contributed by atoms with Crippen molar-refractivity contribution in [2.45, 2.75) is 17.2 Å². The highest BCUT2D eigenvalue weighted by Crippen LogP contribution is 2.22. The molecule has 0 saturated carbocycles. The number of benzene rings is 2. The molecule has 0 spiro atoms. The van der Waals surface area contributed by atoms with Crippen molar-refractivity contribution in [3.05, 3.63) is 95.6 Å². The molecule has 0 radical (unpaired) electrons. The van der Waals surface area contributed by atoms with E-state index in [-0.39, 0.29) is 11.7 Å². The average Bonchev–Trinajstić information content (AvgIpc) is 2.66. The number of rotatable bonds is 6. The quantitative estimate of drug-likeness (QED) is 0.667. The second kappa shape index (κ2) is 8.44. The summed E-state index contributed by atoms with van der Waals surface area (Å²) in [6, 6.07) is 17.6. The van der Waals surface area contributed by atoms with Crippen LogP contribution in [0.4, 0.5) is 4.39 Å². The molecule has 1 aromatic heterocycles. The molecule has 3 nitrogen and oxygen atoms in total. The van der Waals surface area contributed by atoms with Crippen molar-refractivity contribution in [1.82, 2.24) is 10.3 Å². The van der Waals surface area contributed by atoms with Crippen molar-refractivity contribution < 1.29 is 9.18 Å². The Labute approximate surface area is 150 Å². The zero-order chi connectivity index (χ0) is 17.5. The number of pyridine rings is 1.